The smallest absolute Gasteiger partial charge is 0.256 e. The number of nitrogens with one attached hydrogen (secondary N) is 1. The molecule has 0 aliphatic heterocycles. The molecule has 1 heterocycles. The lowest BCUT2D eigenvalue weighted by atomic mass is 9.95. The second-order valence-electron chi connectivity index (χ2n) is 8.95. The predicted molar refractivity (Wildman–Crippen MR) is 123 cm³/mol. The Labute approximate surface area is 183 Å². The van der Waals surface area contributed by atoms with Crippen LogP contribution in [0.2, 0.25) is 0 Å². The van der Waals surface area contributed by atoms with Gasteiger partial charge in [0.15, 0.2) is 5.82 Å². The molecule has 2 bridgehead atoms. The molecule has 0 spiro atoms. The van der Waals surface area contributed by atoms with E-state index in [4.69, 9.17) is 4.98 Å². The maximum atomic E-state index is 13.3. The number of carbonyl (C=O) groups is 1. The average Bonchev–Trinajstić information content (AvgIpc) is 3.43. The number of rotatable bonds is 5. The Morgan fingerprint density at radius 2 is 1.81 bits per heavy atom. The van der Waals surface area contributed by atoms with E-state index < -0.39 is 0 Å². The summed E-state index contributed by atoms with van der Waals surface area (Å²) in [7, 11) is 1.95. The van der Waals surface area contributed by atoms with E-state index in [1.807, 2.05) is 42.3 Å². The fourth-order valence-electron chi connectivity index (χ4n) is 5.07. The molecular weight excluding hydrogens is 384 g/mol. The van der Waals surface area contributed by atoms with Gasteiger partial charge in [-0.25, -0.2) is 9.97 Å². The molecule has 2 aliphatic carbocycles. The SMILES string of the molecule is Cc1ccc(N(C)c2nc(-c3ccccc3)ncc2C(=O)N[C@H]2C[C@H]3CC[C@H]2C3)cc1. The van der Waals surface area contributed by atoms with Crippen molar-refractivity contribution in [3.8, 4) is 11.4 Å². The molecule has 158 valence electrons. The maximum Gasteiger partial charge on any atom is 0.256 e. The summed E-state index contributed by atoms with van der Waals surface area (Å²) < 4.78 is 0. The number of hydrogen-bond acceptors (Lipinski definition) is 4. The fourth-order valence-corrected chi connectivity index (χ4v) is 5.07. The quantitative estimate of drug-likeness (QED) is 0.630. The maximum absolute atomic E-state index is 13.3. The summed E-state index contributed by atoms with van der Waals surface area (Å²) in [6.07, 6.45) is 6.58. The molecule has 2 aromatic carbocycles. The van der Waals surface area contributed by atoms with Crippen LogP contribution >= 0.6 is 0 Å². The summed E-state index contributed by atoms with van der Waals surface area (Å²) in [5.74, 6) is 2.56. The van der Waals surface area contributed by atoms with E-state index in [-0.39, 0.29) is 11.9 Å². The Morgan fingerprint density at radius 1 is 1.03 bits per heavy atom. The van der Waals surface area contributed by atoms with Gasteiger partial charge >= 0.3 is 0 Å². The number of amides is 1. The highest BCUT2D eigenvalue weighted by Gasteiger charge is 2.40. The lowest BCUT2D eigenvalue weighted by Gasteiger charge is -2.25. The van der Waals surface area contributed by atoms with Crippen LogP contribution in [0, 0.1) is 18.8 Å². The van der Waals surface area contributed by atoms with E-state index in [0.29, 0.717) is 23.1 Å². The minimum Gasteiger partial charge on any atom is -0.349 e. The first-order valence-electron chi connectivity index (χ1n) is 11.1. The Hall–Kier alpha value is -3.21. The van der Waals surface area contributed by atoms with Gasteiger partial charge in [-0.15, -0.1) is 0 Å². The van der Waals surface area contributed by atoms with Gasteiger partial charge in [0.05, 0.1) is 0 Å². The van der Waals surface area contributed by atoms with Crippen LogP contribution < -0.4 is 10.2 Å². The van der Waals surface area contributed by atoms with E-state index >= 15 is 0 Å². The molecule has 5 rings (SSSR count). The number of carbonyl (C=O) groups excluding carboxylic acids is 1. The van der Waals surface area contributed by atoms with Gasteiger partial charge in [0.2, 0.25) is 0 Å². The third kappa shape index (κ3) is 3.92. The Bertz CT molecular complexity index is 1080. The number of hydrogen-bond donors (Lipinski definition) is 1. The lowest BCUT2D eigenvalue weighted by molar-refractivity contribution is 0.0923. The molecule has 1 aromatic heterocycles. The van der Waals surface area contributed by atoms with Crippen LogP contribution in [0.5, 0.6) is 0 Å². The molecule has 3 atom stereocenters. The standard InChI is InChI=1S/C26H28N4O/c1-17-8-12-21(13-9-17)30(2)25-22(16-27-24(29-25)19-6-4-3-5-7-19)26(31)28-23-15-18-10-11-20(23)14-18/h3-9,12-13,16,18,20,23H,10-11,14-15H2,1-2H3,(H,28,31)/t18-,20-,23-/m0/s1. The zero-order valence-corrected chi connectivity index (χ0v) is 18.1. The number of benzene rings is 2. The molecule has 0 radical (unpaired) electrons. The third-order valence-corrected chi connectivity index (χ3v) is 6.84. The molecule has 0 unspecified atom stereocenters. The highest BCUT2D eigenvalue weighted by molar-refractivity contribution is 5.99. The summed E-state index contributed by atoms with van der Waals surface area (Å²) in [6, 6.07) is 18.4. The van der Waals surface area contributed by atoms with Crippen LogP contribution in [0.1, 0.15) is 41.6 Å². The molecule has 5 nitrogen and oxygen atoms in total. The molecule has 31 heavy (non-hydrogen) atoms. The number of fused-ring (bicyclic) bond motifs is 2. The van der Waals surface area contributed by atoms with E-state index in [9.17, 15) is 4.79 Å². The monoisotopic (exact) mass is 412 g/mol. The van der Waals surface area contributed by atoms with Crippen molar-refractivity contribution in [2.75, 3.05) is 11.9 Å². The Morgan fingerprint density at radius 3 is 2.48 bits per heavy atom. The second kappa shape index (κ2) is 8.14. The first-order chi connectivity index (χ1) is 15.1. The minimum atomic E-state index is -0.0777. The normalized spacial score (nSPS) is 21.8. The molecular formula is C26H28N4O. The van der Waals surface area contributed by atoms with E-state index in [0.717, 1.165) is 23.6 Å². The van der Waals surface area contributed by atoms with Gasteiger partial charge in [-0.2, -0.15) is 0 Å². The number of aryl methyl sites for hydroxylation is 1. The topological polar surface area (TPSA) is 58.1 Å². The molecule has 1 N–H and O–H groups in total. The van der Waals surface area contributed by atoms with Crippen LogP contribution in [0.25, 0.3) is 11.4 Å². The van der Waals surface area contributed by atoms with Crippen molar-refractivity contribution in [1.29, 1.82) is 0 Å². The molecule has 3 aromatic rings. The van der Waals surface area contributed by atoms with E-state index in [2.05, 4.69) is 41.5 Å². The molecule has 5 heteroatoms. The van der Waals surface area contributed by atoms with Gasteiger partial charge < -0.3 is 10.2 Å². The average molecular weight is 413 g/mol. The van der Waals surface area contributed by atoms with Crippen LogP contribution in [-0.2, 0) is 0 Å². The molecule has 1 amide bonds. The van der Waals surface area contributed by atoms with Crippen LogP contribution in [0.15, 0.2) is 60.8 Å². The Kier molecular flexibility index (Phi) is 5.18. The highest BCUT2D eigenvalue weighted by Crippen LogP contribution is 2.44. The highest BCUT2D eigenvalue weighted by atomic mass is 16.1. The Balaban J connectivity index is 1.50. The second-order valence-corrected chi connectivity index (χ2v) is 8.95. The lowest BCUT2D eigenvalue weighted by Crippen LogP contribution is -2.39. The van der Waals surface area contributed by atoms with E-state index in [1.165, 1.54) is 24.8 Å². The van der Waals surface area contributed by atoms with Crippen LogP contribution in [-0.4, -0.2) is 29.0 Å². The first-order valence-corrected chi connectivity index (χ1v) is 11.1. The first kappa shape index (κ1) is 19.7. The number of anilines is 2. The molecule has 2 aliphatic rings. The number of nitrogens with zero attached hydrogens (tertiary/aromatic N) is 3. The van der Waals surface area contributed by atoms with Gasteiger partial charge in [0.1, 0.15) is 11.4 Å². The van der Waals surface area contributed by atoms with Gasteiger partial charge in [0.25, 0.3) is 5.91 Å². The van der Waals surface area contributed by atoms with Crippen molar-refractivity contribution in [1.82, 2.24) is 15.3 Å². The zero-order chi connectivity index (χ0) is 21.4. The van der Waals surface area contributed by atoms with Crippen molar-refractivity contribution in [2.45, 2.75) is 38.6 Å². The molecule has 0 saturated heterocycles. The summed E-state index contributed by atoms with van der Waals surface area (Å²) in [5, 5.41) is 3.30. The summed E-state index contributed by atoms with van der Waals surface area (Å²) in [6.45, 7) is 2.07. The van der Waals surface area contributed by atoms with Crippen molar-refractivity contribution >= 4 is 17.4 Å². The zero-order valence-electron chi connectivity index (χ0n) is 18.1. The van der Waals surface area contributed by atoms with Gasteiger partial charge in [-0.05, 0) is 50.2 Å². The fraction of sp³-hybridized carbons (Fsp3) is 0.346. The van der Waals surface area contributed by atoms with Crippen molar-refractivity contribution < 1.29 is 4.79 Å². The van der Waals surface area contributed by atoms with Gasteiger partial charge in [-0.3, -0.25) is 4.79 Å². The molecule has 2 fully saturated rings. The van der Waals surface area contributed by atoms with Gasteiger partial charge in [0, 0.05) is 30.5 Å². The van der Waals surface area contributed by atoms with Crippen LogP contribution in [0.4, 0.5) is 11.5 Å². The largest absolute Gasteiger partial charge is 0.349 e. The van der Waals surface area contributed by atoms with Crippen molar-refractivity contribution in [3.63, 3.8) is 0 Å². The van der Waals surface area contributed by atoms with Gasteiger partial charge in [-0.1, -0.05) is 54.4 Å². The number of aromatic nitrogens is 2. The van der Waals surface area contributed by atoms with Crippen molar-refractivity contribution in [3.05, 3.63) is 71.9 Å². The summed E-state index contributed by atoms with van der Waals surface area (Å²) >= 11 is 0. The summed E-state index contributed by atoms with van der Waals surface area (Å²) in [4.78, 5) is 24.7. The van der Waals surface area contributed by atoms with Crippen molar-refractivity contribution in [2.24, 2.45) is 11.8 Å². The summed E-state index contributed by atoms with van der Waals surface area (Å²) in [5.41, 5.74) is 3.63. The third-order valence-electron chi connectivity index (χ3n) is 6.84. The van der Waals surface area contributed by atoms with E-state index in [1.54, 1.807) is 6.20 Å². The van der Waals surface area contributed by atoms with Crippen LogP contribution in [0.3, 0.4) is 0 Å². The minimum absolute atomic E-state index is 0.0777. The molecule has 2 saturated carbocycles. The predicted octanol–water partition coefficient (Wildman–Crippen LogP) is 5.14.